The molecule has 2 N–H and O–H groups in total. The van der Waals surface area contributed by atoms with E-state index < -0.39 is 11.8 Å². The molecule has 0 radical (unpaired) electrons. The van der Waals surface area contributed by atoms with Gasteiger partial charge >= 0.3 is 11.8 Å². The van der Waals surface area contributed by atoms with E-state index in [4.69, 9.17) is 0 Å². The molecule has 0 aliphatic heterocycles. The number of carbonyl (C=O) groups excluding carboxylic acids is 2. The molecule has 2 aromatic rings. The highest BCUT2D eigenvalue weighted by molar-refractivity contribution is 6.39. The Hall–Kier alpha value is -3.39. The van der Waals surface area contributed by atoms with Crippen LogP contribution >= 0.6 is 0 Å². The van der Waals surface area contributed by atoms with Crippen LogP contribution in [0.1, 0.15) is 36.3 Å². The highest BCUT2D eigenvalue weighted by atomic mass is 16.2. The number of rotatable bonds is 4. The summed E-state index contributed by atoms with van der Waals surface area (Å²) in [7, 11) is 0. The van der Waals surface area contributed by atoms with Crippen LogP contribution in [-0.2, 0) is 9.59 Å². The van der Waals surface area contributed by atoms with Gasteiger partial charge in [0.1, 0.15) is 0 Å². The molecule has 2 atom stereocenters. The van der Waals surface area contributed by atoms with Crippen molar-refractivity contribution in [1.29, 1.82) is 5.26 Å². The lowest BCUT2D eigenvalue weighted by Crippen LogP contribution is -2.42. The topological polar surface area (TPSA) is 82.0 Å². The Labute approximate surface area is 158 Å². The zero-order chi connectivity index (χ0) is 19.1. The monoisotopic (exact) mass is 359 g/mol. The van der Waals surface area contributed by atoms with E-state index in [9.17, 15) is 14.9 Å². The molecule has 2 aromatic carbocycles. The van der Waals surface area contributed by atoms with Gasteiger partial charge in [-0.05, 0) is 42.5 Å². The van der Waals surface area contributed by atoms with Crippen LogP contribution in [0.5, 0.6) is 0 Å². The van der Waals surface area contributed by atoms with E-state index in [1.807, 2.05) is 36.4 Å². The third-order valence-electron chi connectivity index (χ3n) is 4.57. The van der Waals surface area contributed by atoms with Gasteiger partial charge in [0.15, 0.2) is 0 Å². The van der Waals surface area contributed by atoms with Crippen molar-refractivity contribution in [1.82, 2.24) is 5.32 Å². The lowest BCUT2D eigenvalue weighted by atomic mass is 9.92. The van der Waals surface area contributed by atoms with E-state index in [0.29, 0.717) is 5.69 Å². The van der Waals surface area contributed by atoms with Crippen molar-refractivity contribution >= 4 is 17.5 Å². The first-order valence-electron chi connectivity index (χ1n) is 8.98. The van der Waals surface area contributed by atoms with Crippen LogP contribution in [0.25, 0.3) is 0 Å². The van der Waals surface area contributed by atoms with Gasteiger partial charge in [-0.3, -0.25) is 9.59 Å². The van der Waals surface area contributed by atoms with Gasteiger partial charge < -0.3 is 10.6 Å². The molecule has 5 nitrogen and oxygen atoms in total. The summed E-state index contributed by atoms with van der Waals surface area (Å²) in [6.45, 7) is 0. The summed E-state index contributed by atoms with van der Waals surface area (Å²) in [4.78, 5) is 24.1. The molecule has 2 amide bonds. The Morgan fingerprint density at radius 2 is 1.67 bits per heavy atom. The molecule has 27 heavy (non-hydrogen) atoms. The molecule has 0 aromatic heterocycles. The molecule has 1 aliphatic rings. The number of allylic oxidation sites excluding steroid dienone is 1. The smallest absolute Gasteiger partial charge is 0.313 e. The van der Waals surface area contributed by atoms with Crippen molar-refractivity contribution in [3.63, 3.8) is 0 Å². The first-order chi connectivity index (χ1) is 13.2. The van der Waals surface area contributed by atoms with Crippen molar-refractivity contribution < 1.29 is 9.59 Å². The van der Waals surface area contributed by atoms with Gasteiger partial charge in [0.2, 0.25) is 0 Å². The molecule has 0 heterocycles. The van der Waals surface area contributed by atoms with Crippen LogP contribution in [-0.4, -0.2) is 17.9 Å². The van der Waals surface area contributed by atoms with E-state index in [1.54, 1.807) is 24.3 Å². The van der Waals surface area contributed by atoms with Gasteiger partial charge in [-0.2, -0.15) is 5.26 Å². The number of carbonyl (C=O) groups is 2. The molecule has 2 unspecified atom stereocenters. The normalized spacial score (nSPS) is 16.8. The van der Waals surface area contributed by atoms with E-state index in [-0.39, 0.29) is 12.0 Å². The fourth-order valence-corrected chi connectivity index (χ4v) is 3.11. The molecule has 1 aliphatic carbocycles. The van der Waals surface area contributed by atoms with Gasteiger partial charge in [0.25, 0.3) is 0 Å². The molecule has 0 spiro atoms. The highest BCUT2D eigenvalue weighted by Crippen LogP contribution is 2.25. The molecular weight excluding hydrogens is 338 g/mol. The molecule has 3 rings (SSSR count). The van der Waals surface area contributed by atoms with Crippen LogP contribution in [0.4, 0.5) is 5.69 Å². The van der Waals surface area contributed by atoms with Crippen LogP contribution < -0.4 is 10.6 Å². The third kappa shape index (κ3) is 4.83. The maximum Gasteiger partial charge on any atom is 0.313 e. The largest absolute Gasteiger partial charge is 0.345 e. The Balaban J connectivity index is 1.61. The van der Waals surface area contributed by atoms with Crippen molar-refractivity contribution in [2.24, 2.45) is 0 Å². The Morgan fingerprint density at radius 1 is 0.963 bits per heavy atom. The van der Waals surface area contributed by atoms with Crippen LogP contribution in [0.15, 0.2) is 66.7 Å². The fourth-order valence-electron chi connectivity index (χ4n) is 3.11. The second kappa shape index (κ2) is 8.81. The van der Waals surface area contributed by atoms with E-state index >= 15 is 0 Å². The first-order valence-corrected chi connectivity index (χ1v) is 8.98. The Morgan fingerprint density at radius 3 is 2.30 bits per heavy atom. The molecule has 136 valence electrons. The lowest BCUT2D eigenvalue weighted by Gasteiger charge is -2.19. The van der Waals surface area contributed by atoms with Crippen molar-refractivity contribution in [2.45, 2.75) is 31.2 Å². The Bertz CT molecular complexity index is 867. The van der Waals surface area contributed by atoms with E-state index in [0.717, 1.165) is 30.4 Å². The average Bonchev–Trinajstić information content (AvgIpc) is 2.71. The summed E-state index contributed by atoms with van der Waals surface area (Å²) < 4.78 is 0. The predicted octanol–water partition coefficient (Wildman–Crippen LogP) is 3.51. The summed E-state index contributed by atoms with van der Waals surface area (Å²) in [5.74, 6) is -1.69. The number of nitrogens with one attached hydrogen (secondary N) is 2. The number of hydrogen-bond acceptors (Lipinski definition) is 3. The second-order valence-electron chi connectivity index (χ2n) is 6.50. The standard InChI is InChI=1S/C22H21N3O2/c23-15-20(16-7-3-1-4-8-16)17-11-13-19(14-12-17)25-22(27)21(26)24-18-9-5-2-6-10-18/h1-5,7-8,11-14,18,20H,6,9-10H2,(H,24,26)(H,25,27). The zero-order valence-corrected chi connectivity index (χ0v) is 14.9. The number of hydrogen-bond donors (Lipinski definition) is 2. The second-order valence-corrected chi connectivity index (χ2v) is 6.50. The highest BCUT2D eigenvalue weighted by Gasteiger charge is 2.19. The summed E-state index contributed by atoms with van der Waals surface area (Å²) in [5.41, 5.74) is 2.27. The predicted molar refractivity (Wildman–Crippen MR) is 104 cm³/mol. The molecule has 5 heteroatoms. The maximum absolute atomic E-state index is 12.1. The minimum absolute atomic E-state index is 0.0119. The van der Waals surface area contributed by atoms with Crippen molar-refractivity contribution in [3.8, 4) is 6.07 Å². The molecule has 0 fully saturated rings. The van der Waals surface area contributed by atoms with Crippen LogP contribution in [0, 0.1) is 11.3 Å². The van der Waals surface area contributed by atoms with Crippen LogP contribution in [0.3, 0.4) is 0 Å². The number of anilines is 1. The summed E-state index contributed by atoms with van der Waals surface area (Å²) in [6, 6.07) is 18.8. The molecule has 0 saturated carbocycles. The molecule has 0 bridgehead atoms. The fraction of sp³-hybridized carbons (Fsp3) is 0.227. The molecule has 0 saturated heterocycles. The van der Waals surface area contributed by atoms with Gasteiger partial charge in [0.05, 0.1) is 12.0 Å². The van der Waals surface area contributed by atoms with E-state index in [2.05, 4.69) is 22.8 Å². The van der Waals surface area contributed by atoms with Gasteiger partial charge in [-0.25, -0.2) is 0 Å². The quantitative estimate of drug-likeness (QED) is 0.647. The number of benzene rings is 2. The minimum atomic E-state index is -0.683. The van der Waals surface area contributed by atoms with Crippen LogP contribution in [0.2, 0.25) is 0 Å². The Kier molecular flexibility index (Phi) is 6.01. The van der Waals surface area contributed by atoms with Crippen molar-refractivity contribution in [3.05, 3.63) is 77.9 Å². The maximum atomic E-state index is 12.1. The van der Waals surface area contributed by atoms with Crippen molar-refractivity contribution in [2.75, 3.05) is 5.32 Å². The molecular formula is C22H21N3O2. The number of nitriles is 1. The van der Waals surface area contributed by atoms with E-state index in [1.165, 1.54) is 0 Å². The lowest BCUT2D eigenvalue weighted by molar-refractivity contribution is -0.136. The summed E-state index contributed by atoms with van der Waals surface area (Å²) in [5, 5.41) is 14.9. The number of amides is 2. The third-order valence-corrected chi connectivity index (χ3v) is 4.57. The van der Waals surface area contributed by atoms with Gasteiger partial charge in [0, 0.05) is 11.7 Å². The number of nitrogens with zero attached hydrogens (tertiary/aromatic N) is 1. The van der Waals surface area contributed by atoms with Gasteiger partial charge in [-0.1, -0.05) is 54.6 Å². The average molecular weight is 359 g/mol. The minimum Gasteiger partial charge on any atom is -0.345 e. The first kappa shape index (κ1) is 18.4. The summed E-state index contributed by atoms with van der Waals surface area (Å²) >= 11 is 0. The summed E-state index contributed by atoms with van der Waals surface area (Å²) in [6.07, 6.45) is 6.61. The van der Waals surface area contributed by atoms with Gasteiger partial charge in [-0.15, -0.1) is 0 Å². The zero-order valence-electron chi connectivity index (χ0n) is 14.9. The SMILES string of the molecule is N#CC(c1ccccc1)c1ccc(NC(=O)C(=O)NC2CC=CCC2)cc1.